The molecule has 3 N–H and O–H groups in total. The summed E-state index contributed by atoms with van der Waals surface area (Å²) >= 11 is 1.89. The molecule has 0 heterocycles. The molecular formula is C17H20N2S. The number of benzene rings is 2. The summed E-state index contributed by atoms with van der Waals surface area (Å²) in [6.45, 7) is 2.19. The van der Waals surface area contributed by atoms with Crippen LogP contribution in [0.3, 0.4) is 0 Å². The zero-order valence-electron chi connectivity index (χ0n) is 11.7. The number of nitrogens with two attached hydrogens (primary N) is 1. The van der Waals surface area contributed by atoms with E-state index in [0.717, 1.165) is 24.3 Å². The van der Waals surface area contributed by atoms with E-state index in [-0.39, 0.29) is 0 Å². The van der Waals surface area contributed by atoms with Gasteiger partial charge in [-0.1, -0.05) is 25.1 Å². The third kappa shape index (κ3) is 2.63. The van der Waals surface area contributed by atoms with Gasteiger partial charge in [0, 0.05) is 16.3 Å². The number of hydrogen-bond acceptors (Lipinski definition) is 3. The molecule has 3 heteroatoms. The average Bonchev–Trinajstić information content (AvgIpc) is 2.83. The summed E-state index contributed by atoms with van der Waals surface area (Å²) in [6, 6.07) is 15.3. The van der Waals surface area contributed by atoms with Crippen LogP contribution >= 0.6 is 11.8 Å². The molecule has 2 nitrogen and oxygen atoms in total. The van der Waals surface area contributed by atoms with Gasteiger partial charge in [0.15, 0.2) is 0 Å². The van der Waals surface area contributed by atoms with Crippen LogP contribution in [0, 0.1) is 0 Å². The van der Waals surface area contributed by atoms with Gasteiger partial charge in [-0.05, 0) is 54.0 Å². The maximum absolute atomic E-state index is 5.87. The molecule has 0 bridgehead atoms. The first kappa shape index (κ1) is 13.4. The Kier molecular flexibility index (Phi) is 3.88. The molecule has 0 fully saturated rings. The third-order valence-electron chi connectivity index (χ3n) is 3.76. The van der Waals surface area contributed by atoms with E-state index in [9.17, 15) is 0 Å². The maximum atomic E-state index is 5.87. The number of hydrogen-bond donors (Lipinski definition) is 2. The highest BCUT2D eigenvalue weighted by molar-refractivity contribution is 7.99. The number of fused-ring (bicyclic) bond motifs is 1. The molecule has 2 aromatic carbocycles. The van der Waals surface area contributed by atoms with Crippen molar-refractivity contribution >= 4 is 23.1 Å². The Bertz CT molecular complexity index is 610. The Balaban J connectivity index is 1.84. The van der Waals surface area contributed by atoms with Gasteiger partial charge in [0.1, 0.15) is 0 Å². The number of nitrogens with one attached hydrogen (secondary N) is 1. The van der Waals surface area contributed by atoms with Crippen molar-refractivity contribution in [2.45, 2.75) is 30.7 Å². The Morgan fingerprint density at radius 2 is 2.10 bits per heavy atom. The highest BCUT2D eigenvalue weighted by Crippen LogP contribution is 2.37. The van der Waals surface area contributed by atoms with Crippen LogP contribution < -0.4 is 11.1 Å². The number of thioether (sulfide) groups is 1. The lowest BCUT2D eigenvalue weighted by molar-refractivity contribution is 0.759. The Labute approximate surface area is 124 Å². The number of rotatable bonds is 4. The molecule has 0 saturated heterocycles. The van der Waals surface area contributed by atoms with Gasteiger partial charge >= 0.3 is 0 Å². The second-order valence-electron chi connectivity index (χ2n) is 5.12. The van der Waals surface area contributed by atoms with Crippen LogP contribution in [-0.4, -0.2) is 5.75 Å². The van der Waals surface area contributed by atoms with E-state index in [2.05, 4.69) is 48.6 Å². The van der Waals surface area contributed by atoms with Crippen LogP contribution in [0.5, 0.6) is 0 Å². The van der Waals surface area contributed by atoms with Crippen molar-refractivity contribution in [3.8, 4) is 0 Å². The predicted octanol–water partition coefficient (Wildman–Crippen LogP) is 4.48. The Hall–Kier alpha value is -1.61. The average molecular weight is 284 g/mol. The van der Waals surface area contributed by atoms with E-state index in [1.807, 2.05) is 17.8 Å². The SMILES string of the molecule is CCSc1ccccc1NC1CCc2cc(N)ccc21. The first-order valence-corrected chi connectivity index (χ1v) is 8.13. The monoisotopic (exact) mass is 284 g/mol. The second-order valence-corrected chi connectivity index (χ2v) is 6.43. The molecule has 0 radical (unpaired) electrons. The highest BCUT2D eigenvalue weighted by atomic mass is 32.2. The molecule has 0 aliphatic heterocycles. The highest BCUT2D eigenvalue weighted by Gasteiger charge is 2.22. The Morgan fingerprint density at radius 1 is 1.25 bits per heavy atom. The topological polar surface area (TPSA) is 38.0 Å². The van der Waals surface area contributed by atoms with Gasteiger partial charge in [0.25, 0.3) is 0 Å². The summed E-state index contributed by atoms with van der Waals surface area (Å²) < 4.78 is 0. The first-order valence-electron chi connectivity index (χ1n) is 7.14. The summed E-state index contributed by atoms with van der Waals surface area (Å²) in [5.74, 6) is 1.09. The van der Waals surface area contributed by atoms with E-state index < -0.39 is 0 Å². The molecule has 0 spiro atoms. The summed E-state index contributed by atoms with van der Waals surface area (Å²) in [6.07, 6.45) is 2.26. The van der Waals surface area contributed by atoms with Crippen molar-refractivity contribution in [3.63, 3.8) is 0 Å². The summed E-state index contributed by atoms with van der Waals surface area (Å²) in [5.41, 5.74) is 10.8. The summed E-state index contributed by atoms with van der Waals surface area (Å²) in [5, 5.41) is 3.71. The normalized spacial score (nSPS) is 16.9. The second kappa shape index (κ2) is 5.80. The molecule has 104 valence electrons. The lowest BCUT2D eigenvalue weighted by Gasteiger charge is -2.18. The van der Waals surface area contributed by atoms with Crippen LogP contribution in [0.15, 0.2) is 47.4 Å². The predicted molar refractivity (Wildman–Crippen MR) is 88.4 cm³/mol. The van der Waals surface area contributed by atoms with Crippen LogP contribution in [0.1, 0.15) is 30.5 Å². The van der Waals surface area contributed by atoms with Crippen molar-refractivity contribution in [3.05, 3.63) is 53.6 Å². The van der Waals surface area contributed by atoms with Gasteiger partial charge in [-0.2, -0.15) is 0 Å². The number of nitrogen functional groups attached to an aromatic ring is 1. The minimum absolute atomic E-state index is 0.407. The molecule has 0 amide bonds. The lowest BCUT2D eigenvalue weighted by Crippen LogP contribution is -2.08. The molecule has 0 aromatic heterocycles. The van der Waals surface area contributed by atoms with E-state index in [1.165, 1.54) is 21.7 Å². The zero-order valence-corrected chi connectivity index (χ0v) is 12.5. The van der Waals surface area contributed by atoms with Gasteiger partial charge in [-0.15, -0.1) is 11.8 Å². The number of para-hydroxylation sites is 1. The summed E-state index contributed by atoms with van der Waals surface area (Å²) in [7, 11) is 0. The lowest BCUT2D eigenvalue weighted by atomic mass is 10.1. The van der Waals surface area contributed by atoms with Crippen LogP contribution in [0.2, 0.25) is 0 Å². The molecule has 1 aliphatic rings. The van der Waals surface area contributed by atoms with Crippen molar-refractivity contribution in [2.75, 3.05) is 16.8 Å². The van der Waals surface area contributed by atoms with Crippen LogP contribution in [0.4, 0.5) is 11.4 Å². The number of aryl methyl sites for hydroxylation is 1. The van der Waals surface area contributed by atoms with E-state index >= 15 is 0 Å². The van der Waals surface area contributed by atoms with Crippen molar-refractivity contribution in [2.24, 2.45) is 0 Å². The van der Waals surface area contributed by atoms with Crippen molar-refractivity contribution < 1.29 is 0 Å². The largest absolute Gasteiger partial charge is 0.399 e. The molecule has 1 aliphatic carbocycles. The van der Waals surface area contributed by atoms with Crippen LogP contribution in [-0.2, 0) is 6.42 Å². The molecule has 2 aromatic rings. The van der Waals surface area contributed by atoms with Gasteiger partial charge < -0.3 is 11.1 Å². The minimum atomic E-state index is 0.407. The van der Waals surface area contributed by atoms with Gasteiger partial charge in [0.2, 0.25) is 0 Å². The Morgan fingerprint density at radius 3 is 2.95 bits per heavy atom. The minimum Gasteiger partial charge on any atom is -0.399 e. The molecule has 3 rings (SSSR count). The molecule has 0 saturated carbocycles. The van der Waals surface area contributed by atoms with E-state index in [0.29, 0.717) is 6.04 Å². The summed E-state index contributed by atoms with van der Waals surface area (Å²) in [4.78, 5) is 1.33. The number of anilines is 2. The zero-order chi connectivity index (χ0) is 13.9. The molecular weight excluding hydrogens is 264 g/mol. The van der Waals surface area contributed by atoms with Crippen molar-refractivity contribution in [1.29, 1.82) is 0 Å². The van der Waals surface area contributed by atoms with Gasteiger partial charge in [-0.25, -0.2) is 0 Å². The fourth-order valence-electron chi connectivity index (χ4n) is 2.84. The maximum Gasteiger partial charge on any atom is 0.0520 e. The molecule has 1 unspecified atom stereocenters. The van der Waals surface area contributed by atoms with Crippen molar-refractivity contribution in [1.82, 2.24) is 0 Å². The van der Waals surface area contributed by atoms with E-state index in [4.69, 9.17) is 5.73 Å². The smallest absolute Gasteiger partial charge is 0.0520 e. The quantitative estimate of drug-likeness (QED) is 0.642. The fraction of sp³-hybridized carbons (Fsp3) is 0.294. The first-order chi connectivity index (χ1) is 9.78. The van der Waals surface area contributed by atoms with E-state index in [1.54, 1.807) is 0 Å². The molecule has 1 atom stereocenters. The van der Waals surface area contributed by atoms with Gasteiger partial charge in [0.05, 0.1) is 6.04 Å². The molecule has 20 heavy (non-hydrogen) atoms. The van der Waals surface area contributed by atoms with Crippen LogP contribution in [0.25, 0.3) is 0 Å². The third-order valence-corrected chi connectivity index (χ3v) is 4.72. The fourth-order valence-corrected chi connectivity index (χ4v) is 3.61. The standard InChI is InChI=1S/C17H20N2S/c1-2-20-17-6-4-3-5-16(17)19-15-10-7-12-11-13(18)8-9-14(12)15/h3-6,8-9,11,15,19H,2,7,10,18H2,1H3. The van der Waals surface area contributed by atoms with Gasteiger partial charge in [-0.3, -0.25) is 0 Å².